The van der Waals surface area contributed by atoms with Crippen molar-refractivity contribution >= 4 is 10.0 Å². The molecule has 0 radical (unpaired) electrons. The van der Waals surface area contributed by atoms with E-state index in [1.165, 1.54) is 38.7 Å². The first-order valence-electron chi connectivity index (χ1n) is 11.4. The Hall–Kier alpha value is -0.210. The number of likely N-dealkylation sites (tertiary alicyclic amines) is 1. The number of rotatable bonds is 7. The Morgan fingerprint density at radius 1 is 0.800 bits per heavy atom. The highest BCUT2D eigenvalue weighted by molar-refractivity contribution is 7.88. The van der Waals surface area contributed by atoms with Crippen LogP contribution in [0.25, 0.3) is 0 Å². The lowest BCUT2D eigenvalue weighted by Gasteiger charge is -2.36. The zero-order valence-corrected chi connectivity index (χ0v) is 21.2. The fourth-order valence-electron chi connectivity index (χ4n) is 4.50. The van der Waals surface area contributed by atoms with Crippen LogP contribution in [0.3, 0.4) is 0 Å². The summed E-state index contributed by atoms with van der Waals surface area (Å²) >= 11 is 0. The van der Waals surface area contributed by atoms with Crippen LogP contribution in [0.2, 0.25) is 0 Å². The van der Waals surface area contributed by atoms with Crippen LogP contribution in [-0.4, -0.2) is 106 Å². The van der Waals surface area contributed by atoms with Crippen LogP contribution < -0.4 is 0 Å². The number of nitrogens with zero attached hydrogens (tertiary/aromatic N) is 4. The molecule has 0 aromatic heterocycles. The van der Waals surface area contributed by atoms with Crippen LogP contribution in [0.4, 0.5) is 0 Å². The Kier molecular flexibility index (Phi) is 13.9. The molecule has 2 fully saturated rings. The first kappa shape index (κ1) is 29.8. The van der Waals surface area contributed by atoms with E-state index < -0.39 is 10.0 Å². The van der Waals surface area contributed by atoms with E-state index in [0.717, 1.165) is 31.3 Å². The van der Waals surface area contributed by atoms with Crippen molar-refractivity contribution in [1.29, 1.82) is 0 Å². The molecule has 0 aliphatic carbocycles. The van der Waals surface area contributed by atoms with Crippen LogP contribution in [0.5, 0.6) is 0 Å². The van der Waals surface area contributed by atoms with E-state index in [1.54, 1.807) is 4.31 Å². The van der Waals surface area contributed by atoms with Crippen LogP contribution in [0, 0.1) is 11.8 Å². The van der Waals surface area contributed by atoms with E-state index in [-0.39, 0.29) is 7.43 Å². The summed E-state index contributed by atoms with van der Waals surface area (Å²) < 4.78 is 24.3. The van der Waals surface area contributed by atoms with Crippen molar-refractivity contribution in [3.05, 3.63) is 0 Å². The third kappa shape index (κ3) is 11.4. The van der Waals surface area contributed by atoms with Crippen molar-refractivity contribution in [1.82, 2.24) is 19.0 Å². The van der Waals surface area contributed by atoms with Gasteiger partial charge in [0, 0.05) is 38.3 Å². The van der Waals surface area contributed by atoms with Gasteiger partial charge in [0.2, 0.25) is 10.0 Å². The van der Waals surface area contributed by atoms with Crippen LogP contribution in [0.15, 0.2) is 0 Å². The Bertz CT molecular complexity index is 537. The summed E-state index contributed by atoms with van der Waals surface area (Å²) in [5.74, 6) is 1.46. The molecule has 0 atom stereocenters. The third-order valence-electron chi connectivity index (χ3n) is 6.13. The van der Waals surface area contributed by atoms with Gasteiger partial charge in [0.25, 0.3) is 0 Å². The molecule has 2 aliphatic heterocycles. The molecule has 182 valence electrons. The minimum absolute atomic E-state index is 0. The normalized spacial score (nSPS) is 20.5. The van der Waals surface area contributed by atoms with E-state index in [2.05, 4.69) is 63.5 Å². The molecule has 2 aliphatic rings. The van der Waals surface area contributed by atoms with Gasteiger partial charge in [0.15, 0.2) is 0 Å². The lowest BCUT2D eigenvalue weighted by Crippen LogP contribution is -2.45. The predicted octanol–water partition coefficient (Wildman–Crippen LogP) is 3.30. The maximum absolute atomic E-state index is 11.4. The molecule has 0 spiro atoms. The van der Waals surface area contributed by atoms with Gasteiger partial charge in [-0.3, -0.25) is 0 Å². The molecule has 6 nitrogen and oxygen atoms in total. The van der Waals surface area contributed by atoms with Crippen molar-refractivity contribution in [3.8, 4) is 0 Å². The summed E-state index contributed by atoms with van der Waals surface area (Å²) in [6.45, 7) is 15.2. The molecule has 0 N–H and O–H groups in total. The lowest BCUT2D eigenvalue weighted by atomic mass is 10.0. The number of hydrogen-bond donors (Lipinski definition) is 0. The molecule has 0 saturated carbocycles. The summed E-state index contributed by atoms with van der Waals surface area (Å²) in [5, 5.41) is 0. The highest BCUT2D eigenvalue weighted by Gasteiger charge is 2.27. The largest absolute Gasteiger partial charge is 0.306 e. The fraction of sp³-hybridized carbons (Fsp3) is 1.00. The van der Waals surface area contributed by atoms with Gasteiger partial charge < -0.3 is 14.7 Å². The van der Waals surface area contributed by atoms with Crippen molar-refractivity contribution < 1.29 is 8.42 Å². The molecule has 2 heterocycles. The van der Waals surface area contributed by atoms with Crippen molar-refractivity contribution in [2.24, 2.45) is 11.8 Å². The Morgan fingerprint density at radius 2 is 1.13 bits per heavy atom. The molecular weight excluding hydrogens is 396 g/mol. The van der Waals surface area contributed by atoms with E-state index >= 15 is 0 Å². The SMILES string of the molecule is C.CC(C)CN(C)C1CCN(C)CC1.CC(C)CN(C)C1CCN(S(C)(=O)=O)CC1. The molecule has 0 amide bonds. The standard InChI is InChI=1S/C11H24N2O2S.C11H24N2.CH4/c1-10(2)9-12(3)11-5-7-13(8-6-11)16(4,14)15;1-10(2)9-13(4)11-5-7-12(3)8-6-11;/h10-11H,5-9H2,1-4H3;10-11H,5-9H2,1-4H3;1H4. The van der Waals surface area contributed by atoms with Gasteiger partial charge >= 0.3 is 0 Å². The average Bonchev–Trinajstić information content (AvgIpc) is 2.61. The fourth-order valence-corrected chi connectivity index (χ4v) is 5.37. The van der Waals surface area contributed by atoms with E-state index in [9.17, 15) is 8.42 Å². The van der Waals surface area contributed by atoms with Gasteiger partial charge in [-0.1, -0.05) is 35.1 Å². The first-order valence-corrected chi connectivity index (χ1v) is 13.3. The number of hydrogen-bond acceptors (Lipinski definition) is 5. The van der Waals surface area contributed by atoms with Gasteiger partial charge in [0.1, 0.15) is 0 Å². The quantitative estimate of drug-likeness (QED) is 0.598. The molecule has 7 heteroatoms. The van der Waals surface area contributed by atoms with Gasteiger partial charge in [-0.05, 0) is 71.8 Å². The first-order chi connectivity index (χ1) is 13.4. The molecule has 30 heavy (non-hydrogen) atoms. The van der Waals surface area contributed by atoms with Gasteiger partial charge in [-0.15, -0.1) is 0 Å². The summed E-state index contributed by atoms with van der Waals surface area (Å²) in [6, 6.07) is 1.37. The number of sulfonamides is 1. The molecule has 0 aromatic carbocycles. The molecule has 2 saturated heterocycles. The summed E-state index contributed by atoms with van der Waals surface area (Å²) in [7, 11) is 3.65. The topological polar surface area (TPSA) is 47.1 Å². The third-order valence-corrected chi connectivity index (χ3v) is 7.44. The van der Waals surface area contributed by atoms with E-state index in [0.29, 0.717) is 25.0 Å². The maximum Gasteiger partial charge on any atom is 0.211 e. The van der Waals surface area contributed by atoms with E-state index in [1.807, 2.05) is 0 Å². The second-order valence-electron chi connectivity index (χ2n) is 10.1. The van der Waals surface area contributed by atoms with Gasteiger partial charge in [-0.2, -0.15) is 0 Å². The Balaban J connectivity index is 0.000000553. The zero-order chi connectivity index (χ0) is 22.2. The number of piperidine rings is 2. The molecular formula is C23H52N4O2S. The Morgan fingerprint density at radius 3 is 1.43 bits per heavy atom. The molecule has 2 rings (SSSR count). The maximum atomic E-state index is 11.4. The van der Waals surface area contributed by atoms with Gasteiger partial charge in [0.05, 0.1) is 6.26 Å². The van der Waals surface area contributed by atoms with Crippen molar-refractivity contribution in [3.63, 3.8) is 0 Å². The zero-order valence-electron chi connectivity index (χ0n) is 20.4. The minimum Gasteiger partial charge on any atom is -0.306 e. The molecule has 0 aromatic rings. The average molecular weight is 449 g/mol. The lowest BCUT2D eigenvalue weighted by molar-refractivity contribution is 0.134. The van der Waals surface area contributed by atoms with Crippen LogP contribution in [-0.2, 0) is 10.0 Å². The second kappa shape index (κ2) is 14.0. The van der Waals surface area contributed by atoms with Gasteiger partial charge in [-0.25, -0.2) is 12.7 Å². The van der Waals surface area contributed by atoms with E-state index in [4.69, 9.17) is 0 Å². The molecule has 0 bridgehead atoms. The van der Waals surface area contributed by atoms with Crippen molar-refractivity contribution in [2.75, 3.05) is 66.7 Å². The second-order valence-corrected chi connectivity index (χ2v) is 12.1. The highest BCUT2D eigenvalue weighted by Crippen LogP contribution is 2.18. The summed E-state index contributed by atoms with van der Waals surface area (Å²) in [4.78, 5) is 7.33. The molecule has 0 unspecified atom stereocenters. The highest BCUT2D eigenvalue weighted by atomic mass is 32.2. The monoisotopic (exact) mass is 448 g/mol. The summed E-state index contributed by atoms with van der Waals surface area (Å²) in [6.07, 6.45) is 5.90. The van der Waals surface area contributed by atoms with Crippen LogP contribution in [0.1, 0.15) is 60.8 Å². The smallest absolute Gasteiger partial charge is 0.211 e. The van der Waals surface area contributed by atoms with Crippen LogP contribution >= 0.6 is 0 Å². The Labute approximate surface area is 189 Å². The van der Waals surface area contributed by atoms with Crippen molar-refractivity contribution in [2.45, 2.75) is 72.9 Å². The summed E-state index contributed by atoms with van der Waals surface area (Å²) in [5.41, 5.74) is 0. The minimum atomic E-state index is -2.98. The predicted molar refractivity (Wildman–Crippen MR) is 132 cm³/mol.